The number of hydrogen-bond acceptors (Lipinski definition) is 7. The van der Waals surface area contributed by atoms with Crippen molar-refractivity contribution in [1.29, 1.82) is 0 Å². The van der Waals surface area contributed by atoms with Crippen LogP contribution in [0.1, 0.15) is 41.7 Å². The summed E-state index contributed by atoms with van der Waals surface area (Å²) in [7, 11) is 0. The predicted octanol–water partition coefficient (Wildman–Crippen LogP) is 3.37. The monoisotopic (exact) mass is 487 g/mol. The van der Waals surface area contributed by atoms with Crippen LogP contribution < -0.4 is 15.5 Å². The Hall–Kier alpha value is -4.27. The van der Waals surface area contributed by atoms with E-state index in [4.69, 9.17) is 4.74 Å². The second kappa shape index (κ2) is 11.9. The van der Waals surface area contributed by atoms with Crippen molar-refractivity contribution in [2.45, 2.75) is 25.8 Å². The Labute approximate surface area is 209 Å². The molecule has 0 saturated carbocycles. The van der Waals surface area contributed by atoms with Crippen LogP contribution in [0, 0.1) is 5.92 Å². The number of nitrogens with one attached hydrogen (secondary N) is 2. The lowest BCUT2D eigenvalue weighted by molar-refractivity contribution is -0.152. The highest BCUT2D eigenvalue weighted by atomic mass is 16.5. The highest BCUT2D eigenvalue weighted by molar-refractivity contribution is 6.04. The molecule has 0 bridgehead atoms. The number of nitrogens with zero attached hydrogens (tertiary/aromatic N) is 3. The van der Waals surface area contributed by atoms with Crippen LogP contribution in [0.15, 0.2) is 73.1 Å². The van der Waals surface area contributed by atoms with Gasteiger partial charge in [-0.2, -0.15) is 0 Å². The van der Waals surface area contributed by atoms with E-state index in [0.29, 0.717) is 43.1 Å². The van der Waals surface area contributed by atoms with E-state index in [1.54, 1.807) is 42.7 Å². The molecule has 2 aromatic carbocycles. The summed E-state index contributed by atoms with van der Waals surface area (Å²) in [5.41, 5.74) is 1.66. The molecule has 3 aromatic rings. The molecule has 1 fully saturated rings. The minimum atomic E-state index is -0.505. The fourth-order valence-electron chi connectivity index (χ4n) is 4.10. The zero-order chi connectivity index (χ0) is 25.3. The van der Waals surface area contributed by atoms with E-state index in [0.717, 1.165) is 5.56 Å². The van der Waals surface area contributed by atoms with Gasteiger partial charge in [-0.25, -0.2) is 9.97 Å². The van der Waals surface area contributed by atoms with Crippen LogP contribution in [0.25, 0.3) is 0 Å². The third-order valence-corrected chi connectivity index (χ3v) is 6.10. The Morgan fingerprint density at radius 2 is 1.64 bits per heavy atom. The number of benzene rings is 2. The minimum Gasteiger partial charge on any atom is -0.455 e. The predicted molar refractivity (Wildman–Crippen MR) is 135 cm³/mol. The van der Waals surface area contributed by atoms with Crippen LogP contribution in [-0.4, -0.2) is 47.4 Å². The first-order chi connectivity index (χ1) is 17.5. The molecule has 2 heterocycles. The van der Waals surface area contributed by atoms with E-state index in [9.17, 15) is 14.4 Å². The zero-order valence-electron chi connectivity index (χ0n) is 20.1. The van der Waals surface area contributed by atoms with Crippen LogP contribution >= 0.6 is 0 Å². The normalized spacial score (nSPS) is 14.5. The molecule has 186 valence electrons. The highest BCUT2D eigenvalue weighted by Gasteiger charge is 2.27. The number of carbonyl (C=O) groups is 3. The third-order valence-electron chi connectivity index (χ3n) is 6.10. The summed E-state index contributed by atoms with van der Waals surface area (Å²) in [5, 5.41) is 5.64. The molecule has 0 radical (unpaired) electrons. The van der Waals surface area contributed by atoms with Gasteiger partial charge in [0.05, 0.1) is 23.2 Å². The van der Waals surface area contributed by atoms with Crippen LogP contribution in [0.2, 0.25) is 0 Å². The van der Waals surface area contributed by atoms with Gasteiger partial charge in [-0.15, -0.1) is 0 Å². The van der Waals surface area contributed by atoms with Gasteiger partial charge in [0.2, 0.25) is 5.95 Å². The van der Waals surface area contributed by atoms with Crippen LogP contribution in [-0.2, 0) is 14.3 Å². The fraction of sp³-hybridized carbons (Fsp3) is 0.296. The molecular weight excluding hydrogens is 458 g/mol. The van der Waals surface area contributed by atoms with Gasteiger partial charge in [-0.3, -0.25) is 14.4 Å². The molecule has 0 spiro atoms. The van der Waals surface area contributed by atoms with E-state index in [-0.39, 0.29) is 17.9 Å². The molecule has 9 heteroatoms. The van der Waals surface area contributed by atoms with Gasteiger partial charge in [-0.1, -0.05) is 42.5 Å². The molecule has 9 nitrogen and oxygen atoms in total. The van der Waals surface area contributed by atoms with E-state index in [2.05, 4.69) is 20.6 Å². The van der Waals surface area contributed by atoms with Crippen LogP contribution in [0.3, 0.4) is 0 Å². The maximum atomic E-state index is 12.9. The van der Waals surface area contributed by atoms with Gasteiger partial charge >= 0.3 is 5.97 Å². The summed E-state index contributed by atoms with van der Waals surface area (Å²) in [4.78, 5) is 48.4. The summed E-state index contributed by atoms with van der Waals surface area (Å²) < 4.78 is 5.28. The number of para-hydroxylation sites is 1. The first-order valence-corrected chi connectivity index (χ1v) is 11.9. The topological polar surface area (TPSA) is 114 Å². The smallest absolute Gasteiger partial charge is 0.309 e. The fourth-order valence-corrected chi connectivity index (χ4v) is 4.10. The number of rotatable bonds is 8. The molecule has 1 aromatic heterocycles. The maximum absolute atomic E-state index is 12.9. The van der Waals surface area contributed by atoms with Crippen molar-refractivity contribution in [3.8, 4) is 0 Å². The number of aromatic nitrogens is 2. The first kappa shape index (κ1) is 24.8. The number of carbonyl (C=O) groups excluding carboxylic acids is 3. The molecule has 36 heavy (non-hydrogen) atoms. The van der Waals surface area contributed by atoms with Gasteiger partial charge < -0.3 is 20.3 Å². The van der Waals surface area contributed by atoms with Crippen molar-refractivity contribution in [3.05, 3.63) is 84.2 Å². The van der Waals surface area contributed by atoms with E-state index >= 15 is 0 Å². The average Bonchev–Trinajstić information content (AvgIpc) is 2.93. The van der Waals surface area contributed by atoms with Gasteiger partial charge in [0.15, 0.2) is 6.61 Å². The van der Waals surface area contributed by atoms with Crippen molar-refractivity contribution < 1.29 is 19.1 Å². The standard InChI is InChI=1S/C27H29N5O4/c1-19(20-8-3-2-4-9-20)30-25(34)22-10-5-6-11-23(22)31-24(33)18-36-26(35)21-12-16-32(17-13-21)27-28-14-7-15-29-27/h2-11,14-15,19,21H,12-13,16-18H2,1H3,(H,30,34)(H,31,33). The van der Waals surface area contributed by atoms with E-state index in [1.807, 2.05) is 42.2 Å². The van der Waals surface area contributed by atoms with Crippen molar-refractivity contribution in [1.82, 2.24) is 15.3 Å². The lowest BCUT2D eigenvalue weighted by atomic mass is 9.97. The molecule has 1 saturated heterocycles. The van der Waals surface area contributed by atoms with Gasteiger partial charge in [-0.05, 0) is 43.5 Å². The second-order valence-electron chi connectivity index (χ2n) is 8.62. The molecule has 4 rings (SSSR count). The zero-order valence-corrected chi connectivity index (χ0v) is 20.1. The Kier molecular flexibility index (Phi) is 8.23. The molecule has 2 amide bonds. The average molecular weight is 488 g/mol. The SMILES string of the molecule is CC(NC(=O)c1ccccc1NC(=O)COC(=O)C1CCN(c2ncccn2)CC1)c1ccccc1. The van der Waals surface area contributed by atoms with Crippen molar-refractivity contribution in [2.75, 3.05) is 29.9 Å². The quantitative estimate of drug-likeness (QED) is 0.468. The highest BCUT2D eigenvalue weighted by Crippen LogP contribution is 2.22. The van der Waals surface area contributed by atoms with Crippen LogP contribution in [0.4, 0.5) is 11.6 Å². The molecule has 1 atom stereocenters. The van der Waals surface area contributed by atoms with E-state index < -0.39 is 18.5 Å². The van der Waals surface area contributed by atoms with Gasteiger partial charge in [0.25, 0.3) is 11.8 Å². The largest absolute Gasteiger partial charge is 0.455 e. The van der Waals surface area contributed by atoms with Crippen molar-refractivity contribution in [2.24, 2.45) is 5.92 Å². The summed E-state index contributed by atoms with van der Waals surface area (Å²) in [6.07, 6.45) is 4.57. The number of esters is 1. The molecular formula is C27H29N5O4. The molecule has 1 aliphatic rings. The number of anilines is 2. The third kappa shape index (κ3) is 6.44. The number of amides is 2. The van der Waals surface area contributed by atoms with Crippen LogP contribution in [0.5, 0.6) is 0 Å². The van der Waals surface area contributed by atoms with Crippen molar-refractivity contribution >= 4 is 29.4 Å². The Morgan fingerprint density at radius 3 is 2.36 bits per heavy atom. The Bertz CT molecular complexity index is 1180. The Balaban J connectivity index is 1.26. The second-order valence-corrected chi connectivity index (χ2v) is 8.62. The summed E-state index contributed by atoms with van der Waals surface area (Å²) >= 11 is 0. The Morgan fingerprint density at radius 1 is 0.972 bits per heavy atom. The van der Waals surface area contributed by atoms with Gasteiger partial charge in [0.1, 0.15) is 0 Å². The van der Waals surface area contributed by atoms with Gasteiger partial charge in [0, 0.05) is 25.5 Å². The van der Waals surface area contributed by atoms with E-state index in [1.165, 1.54) is 0 Å². The number of piperidine rings is 1. The lowest BCUT2D eigenvalue weighted by Crippen LogP contribution is -2.38. The lowest BCUT2D eigenvalue weighted by Gasteiger charge is -2.30. The minimum absolute atomic E-state index is 0.205. The molecule has 0 aliphatic carbocycles. The van der Waals surface area contributed by atoms with Crippen molar-refractivity contribution in [3.63, 3.8) is 0 Å². The molecule has 1 aliphatic heterocycles. The maximum Gasteiger partial charge on any atom is 0.309 e. The number of ether oxygens (including phenoxy) is 1. The first-order valence-electron chi connectivity index (χ1n) is 11.9. The molecule has 2 N–H and O–H groups in total. The summed E-state index contributed by atoms with van der Waals surface area (Å²) in [5.74, 6) is -0.857. The summed E-state index contributed by atoms with van der Waals surface area (Å²) in [6.45, 7) is 2.75. The summed E-state index contributed by atoms with van der Waals surface area (Å²) in [6, 6.07) is 17.9. The number of hydrogen-bond donors (Lipinski definition) is 2. The molecule has 1 unspecified atom stereocenters.